The molecule has 0 aliphatic carbocycles. The Morgan fingerprint density at radius 2 is 2.12 bits per heavy atom. The molecule has 0 saturated carbocycles. The molecule has 2 rings (SSSR count). The number of hydrogen-bond donors (Lipinski definition) is 0. The predicted molar refractivity (Wildman–Crippen MR) is 62.5 cm³/mol. The second kappa shape index (κ2) is 4.56. The van der Waals surface area contributed by atoms with Gasteiger partial charge in [-0.25, -0.2) is 4.79 Å². The minimum atomic E-state index is -0.250. The van der Waals surface area contributed by atoms with Crippen molar-refractivity contribution >= 4 is 6.09 Å². The molecule has 0 bridgehead atoms. The molecule has 0 fully saturated rings. The maximum Gasteiger partial charge on any atom is 0.415 e. The second-order valence-corrected chi connectivity index (χ2v) is 4.17. The highest BCUT2D eigenvalue weighted by Gasteiger charge is 2.30. The van der Waals surface area contributed by atoms with Gasteiger partial charge in [0.1, 0.15) is 5.75 Å². The van der Waals surface area contributed by atoms with Gasteiger partial charge in [-0.2, -0.15) is 0 Å². The van der Waals surface area contributed by atoms with Crippen molar-refractivity contribution in [1.29, 1.82) is 0 Å². The van der Waals surface area contributed by atoms with Gasteiger partial charge in [0.2, 0.25) is 0 Å². The van der Waals surface area contributed by atoms with Gasteiger partial charge in [-0.3, -0.25) is 0 Å². The average molecular weight is 219 g/mol. The van der Waals surface area contributed by atoms with Gasteiger partial charge in [-0.15, -0.1) is 0 Å². The summed E-state index contributed by atoms with van der Waals surface area (Å²) in [4.78, 5) is 13.3. The Bertz CT molecular complexity index is 389. The monoisotopic (exact) mass is 219 g/mol. The first kappa shape index (κ1) is 11.0. The van der Waals surface area contributed by atoms with Crippen molar-refractivity contribution in [2.45, 2.75) is 32.2 Å². The topological polar surface area (TPSA) is 29.5 Å². The normalized spacial score (nSPS) is 19.2. The van der Waals surface area contributed by atoms with E-state index in [1.54, 1.807) is 11.9 Å². The number of rotatable bonds is 3. The van der Waals surface area contributed by atoms with Crippen LogP contribution < -0.4 is 4.74 Å². The number of carbonyl (C=O) groups excluding carboxylic acids is 1. The molecular weight excluding hydrogens is 202 g/mol. The number of ether oxygens (including phenoxy) is 1. The van der Waals surface area contributed by atoms with Crippen molar-refractivity contribution in [3.63, 3.8) is 0 Å². The maximum absolute atomic E-state index is 11.6. The van der Waals surface area contributed by atoms with Gasteiger partial charge < -0.3 is 9.64 Å². The summed E-state index contributed by atoms with van der Waals surface area (Å²) in [6, 6.07) is 7.95. The molecule has 0 radical (unpaired) electrons. The van der Waals surface area contributed by atoms with Gasteiger partial charge in [0.05, 0.1) is 6.04 Å². The Kier molecular flexibility index (Phi) is 3.13. The molecule has 1 unspecified atom stereocenters. The number of nitrogens with zero attached hydrogens (tertiary/aromatic N) is 1. The minimum Gasteiger partial charge on any atom is -0.410 e. The van der Waals surface area contributed by atoms with Crippen LogP contribution in [-0.4, -0.2) is 18.0 Å². The van der Waals surface area contributed by atoms with Crippen molar-refractivity contribution in [2.24, 2.45) is 0 Å². The van der Waals surface area contributed by atoms with E-state index in [2.05, 4.69) is 6.92 Å². The van der Waals surface area contributed by atoms with Gasteiger partial charge in [0.15, 0.2) is 0 Å². The molecule has 1 aliphatic rings. The highest BCUT2D eigenvalue weighted by molar-refractivity contribution is 5.74. The highest BCUT2D eigenvalue weighted by atomic mass is 16.6. The van der Waals surface area contributed by atoms with E-state index in [4.69, 9.17) is 4.74 Å². The zero-order chi connectivity index (χ0) is 11.5. The molecule has 1 heterocycles. The summed E-state index contributed by atoms with van der Waals surface area (Å²) in [5.41, 5.74) is 1.12. The van der Waals surface area contributed by atoms with Crippen LogP contribution in [0.2, 0.25) is 0 Å². The fourth-order valence-electron chi connectivity index (χ4n) is 2.10. The first-order valence-corrected chi connectivity index (χ1v) is 5.77. The molecule has 0 aromatic heterocycles. The van der Waals surface area contributed by atoms with Gasteiger partial charge in [0, 0.05) is 12.6 Å². The lowest BCUT2D eigenvalue weighted by molar-refractivity contribution is 0.127. The van der Waals surface area contributed by atoms with Gasteiger partial charge in [0.25, 0.3) is 0 Å². The van der Waals surface area contributed by atoms with E-state index < -0.39 is 0 Å². The SMILES string of the molecule is CCCCC1c2ccccc2OC(=O)N1C. The number of carbonyl (C=O) groups is 1. The largest absolute Gasteiger partial charge is 0.415 e. The maximum atomic E-state index is 11.6. The van der Waals surface area contributed by atoms with E-state index in [0.717, 1.165) is 24.8 Å². The van der Waals surface area contributed by atoms with Crippen LogP contribution in [0, 0.1) is 0 Å². The molecule has 1 aromatic rings. The van der Waals surface area contributed by atoms with Gasteiger partial charge in [-0.05, 0) is 12.5 Å². The third kappa shape index (κ3) is 1.90. The number of hydrogen-bond acceptors (Lipinski definition) is 2. The van der Waals surface area contributed by atoms with Crippen LogP contribution in [0.5, 0.6) is 5.75 Å². The number of unbranched alkanes of at least 4 members (excludes halogenated alkanes) is 1. The van der Waals surface area contributed by atoms with E-state index in [9.17, 15) is 4.79 Å². The van der Waals surface area contributed by atoms with Gasteiger partial charge >= 0.3 is 6.09 Å². The lowest BCUT2D eigenvalue weighted by Gasteiger charge is -2.33. The lowest BCUT2D eigenvalue weighted by Crippen LogP contribution is -2.37. The Hall–Kier alpha value is -1.51. The van der Waals surface area contributed by atoms with E-state index in [1.807, 2.05) is 24.3 Å². The number of benzene rings is 1. The second-order valence-electron chi connectivity index (χ2n) is 4.17. The zero-order valence-corrected chi connectivity index (χ0v) is 9.77. The van der Waals surface area contributed by atoms with Gasteiger partial charge in [-0.1, -0.05) is 38.0 Å². The van der Waals surface area contributed by atoms with Crippen LogP contribution in [0.3, 0.4) is 0 Å². The molecule has 86 valence electrons. The molecule has 0 saturated heterocycles. The number of fused-ring (bicyclic) bond motifs is 1. The van der Waals surface area contributed by atoms with Crippen LogP contribution in [-0.2, 0) is 0 Å². The van der Waals surface area contributed by atoms with Crippen LogP contribution in [0.25, 0.3) is 0 Å². The van der Waals surface area contributed by atoms with E-state index in [-0.39, 0.29) is 12.1 Å². The summed E-state index contributed by atoms with van der Waals surface area (Å²) in [5, 5.41) is 0. The highest BCUT2D eigenvalue weighted by Crippen LogP contribution is 2.36. The van der Waals surface area contributed by atoms with Crippen molar-refractivity contribution < 1.29 is 9.53 Å². The molecule has 1 amide bonds. The predicted octanol–water partition coefficient (Wildman–Crippen LogP) is 3.36. The first-order valence-electron chi connectivity index (χ1n) is 5.77. The summed E-state index contributed by atoms with van der Waals surface area (Å²) < 4.78 is 5.24. The summed E-state index contributed by atoms with van der Waals surface area (Å²) >= 11 is 0. The van der Waals surface area contributed by atoms with Crippen LogP contribution in [0.1, 0.15) is 37.8 Å². The van der Waals surface area contributed by atoms with E-state index >= 15 is 0 Å². The fraction of sp³-hybridized carbons (Fsp3) is 0.462. The molecule has 1 aliphatic heterocycles. The Labute approximate surface area is 96.0 Å². The molecule has 1 aromatic carbocycles. The van der Waals surface area contributed by atoms with E-state index in [1.165, 1.54) is 0 Å². The molecule has 3 heteroatoms. The van der Waals surface area contributed by atoms with Crippen LogP contribution >= 0.6 is 0 Å². The average Bonchev–Trinajstić information content (AvgIpc) is 2.30. The third-order valence-electron chi connectivity index (χ3n) is 3.06. The molecule has 16 heavy (non-hydrogen) atoms. The van der Waals surface area contributed by atoms with Crippen molar-refractivity contribution in [2.75, 3.05) is 7.05 Å². The molecule has 3 nitrogen and oxygen atoms in total. The minimum absolute atomic E-state index is 0.164. The van der Waals surface area contributed by atoms with E-state index in [0.29, 0.717) is 5.75 Å². The molecule has 1 atom stereocenters. The molecular formula is C13H17NO2. The molecule has 0 N–H and O–H groups in total. The Morgan fingerprint density at radius 3 is 2.88 bits per heavy atom. The van der Waals surface area contributed by atoms with Crippen molar-refractivity contribution in [1.82, 2.24) is 4.90 Å². The summed E-state index contributed by atoms with van der Waals surface area (Å²) in [6.45, 7) is 2.16. The standard InChI is InChI=1S/C13H17NO2/c1-3-4-8-11-10-7-5-6-9-12(10)16-13(15)14(11)2/h5-7,9,11H,3-4,8H2,1-2H3. The lowest BCUT2D eigenvalue weighted by atomic mass is 9.98. The Balaban J connectivity index is 2.30. The Morgan fingerprint density at radius 1 is 1.38 bits per heavy atom. The summed E-state index contributed by atoms with van der Waals surface area (Å²) in [5.74, 6) is 0.715. The summed E-state index contributed by atoms with van der Waals surface area (Å²) in [6.07, 6.45) is 3.01. The van der Waals surface area contributed by atoms with Crippen LogP contribution in [0.15, 0.2) is 24.3 Å². The number of amides is 1. The molecule has 0 spiro atoms. The first-order chi connectivity index (χ1) is 7.74. The van der Waals surface area contributed by atoms with Crippen molar-refractivity contribution in [3.05, 3.63) is 29.8 Å². The third-order valence-corrected chi connectivity index (χ3v) is 3.06. The van der Waals surface area contributed by atoms with Crippen LogP contribution in [0.4, 0.5) is 4.79 Å². The smallest absolute Gasteiger partial charge is 0.410 e. The number of para-hydroxylation sites is 1. The summed E-state index contributed by atoms with van der Waals surface area (Å²) in [7, 11) is 1.80. The van der Waals surface area contributed by atoms with Crippen molar-refractivity contribution in [3.8, 4) is 5.75 Å². The quantitative estimate of drug-likeness (QED) is 0.780. The zero-order valence-electron chi connectivity index (χ0n) is 9.77. The fourth-order valence-corrected chi connectivity index (χ4v) is 2.10.